The van der Waals surface area contributed by atoms with Gasteiger partial charge in [0.2, 0.25) is 6.08 Å². The van der Waals surface area contributed by atoms with Crippen molar-refractivity contribution in [3.63, 3.8) is 0 Å². The average Bonchev–Trinajstić information content (AvgIpc) is 2.17. The van der Waals surface area contributed by atoms with Gasteiger partial charge >= 0.3 is 0 Å². The summed E-state index contributed by atoms with van der Waals surface area (Å²) in [5.41, 5.74) is 0.569. The van der Waals surface area contributed by atoms with Crippen LogP contribution in [0.1, 0.15) is 0 Å². The van der Waals surface area contributed by atoms with Gasteiger partial charge in [-0.1, -0.05) is 11.6 Å². The van der Waals surface area contributed by atoms with Gasteiger partial charge < -0.3 is 0 Å². The number of hydrogen-bond donors (Lipinski definition) is 0. The Kier molecular flexibility index (Phi) is 2.01. The van der Waals surface area contributed by atoms with Crippen LogP contribution in [0.15, 0.2) is 16.4 Å². The zero-order chi connectivity index (χ0) is 6.69. The molecule has 0 saturated carbocycles. The lowest BCUT2D eigenvalue weighted by Crippen LogP contribution is -1.48. The zero-order valence-corrected chi connectivity index (χ0v) is 5.87. The molecular weight excluding hydrogens is 158 g/mol. The van der Waals surface area contributed by atoms with Crippen molar-refractivity contribution < 1.29 is 4.79 Å². The number of nitrogens with zero attached hydrogens (tertiary/aromatic N) is 1. The monoisotopic (exact) mass is 159 g/mol. The van der Waals surface area contributed by atoms with Crippen LogP contribution >= 0.6 is 22.9 Å². The van der Waals surface area contributed by atoms with Gasteiger partial charge in [0.05, 0.1) is 10.0 Å². The van der Waals surface area contributed by atoms with Crippen LogP contribution in [0.5, 0.6) is 0 Å². The second-order valence-corrected chi connectivity index (χ2v) is 2.85. The number of carbonyl (C=O) groups excluding carboxylic acids is 1. The smallest absolute Gasteiger partial charge is 0.211 e. The Hall–Kier alpha value is -0.630. The maximum Gasteiger partial charge on any atom is 0.240 e. The van der Waals surface area contributed by atoms with Crippen LogP contribution in [0.2, 0.25) is 4.34 Å². The minimum Gasteiger partial charge on any atom is -0.211 e. The van der Waals surface area contributed by atoms with Crippen LogP contribution in [0, 0.1) is 0 Å². The van der Waals surface area contributed by atoms with Crippen molar-refractivity contribution >= 4 is 34.7 Å². The Morgan fingerprint density at radius 2 is 2.56 bits per heavy atom. The number of isocyanates is 1. The number of hydrogen-bond acceptors (Lipinski definition) is 3. The molecule has 0 aliphatic rings. The molecule has 4 heteroatoms. The lowest BCUT2D eigenvalue weighted by atomic mass is 10.6. The summed E-state index contributed by atoms with van der Waals surface area (Å²) in [6.45, 7) is 0. The van der Waals surface area contributed by atoms with Gasteiger partial charge in [0.25, 0.3) is 0 Å². The quantitative estimate of drug-likeness (QED) is 0.457. The van der Waals surface area contributed by atoms with E-state index < -0.39 is 0 Å². The SMILES string of the molecule is O=C=Nc1csc(Cl)c1. The second kappa shape index (κ2) is 2.78. The molecular formula is C5H2ClNOS. The van der Waals surface area contributed by atoms with Crippen LogP contribution in [0.3, 0.4) is 0 Å². The molecule has 1 aromatic rings. The highest BCUT2D eigenvalue weighted by Gasteiger charge is 1.92. The molecule has 0 atom stereocenters. The number of halogens is 1. The summed E-state index contributed by atoms with van der Waals surface area (Å²) in [5.74, 6) is 0. The van der Waals surface area contributed by atoms with Crippen LogP contribution in [-0.2, 0) is 4.79 Å². The Bertz CT molecular complexity index is 251. The van der Waals surface area contributed by atoms with Gasteiger partial charge in [0.15, 0.2) is 0 Å². The van der Waals surface area contributed by atoms with E-state index in [0.717, 1.165) is 0 Å². The summed E-state index contributed by atoms with van der Waals surface area (Å²) in [7, 11) is 0. The van der Waals surface area contributed by atoms with E-state index in [1.807, 2.05) is 0 Å². The van der Waals surface area contributed by atoms with Crippen molar-refractivity contribution in [2.24, 2.45) is 4.99 Å². The molecule has 0 bridgehead atoms. The summed E-state index contributed by atoms with van der Waals surface area (Å²) in [6.07, 6.45) is 1.42. The fraction of sp³-hybridized carbons (Fsp3) is 0. The van der Waals surface area contributed by atoms with Gasteiger partial charge in [-0.3, -0.25) is 0 Å². The molecule has 0 spiro atoms. The molecule has 0 amide bonds. The standard InChI is InChI=1S/C5H2ClNOS/c6-5-1-4(2-9-5)7-3-8/h1-2H. The van der Waals surface area contributed by atoms with Crippen molar-refractivity contribution in [1.29, 1.82) is 0 Å². The molecule has 1 heterocycles. The Morgan fingerprint density at radius 3 is 3.00 bits per heavy atom. The Morgan fingerprint density at radius 1 is 1.78 bits per heavy atom. The molecule has 1 rings (SSSR count). The van der Waals surface area contributed by atoms with E-state index >= 15 is 0 Å². The van der Waals surface area contributed by atoms with Crippen LogP contribution < -0.4 is 0 Å². The molecule has 0 aliphatic carbocycles. The molecule has 2 nitrogen and oxygen atoms in total. The van der Waals surface area contributed by atoms with Crippen molar-refractivity contribution in [1.82, 2.24) is 0 Å². The van der Waals surface area contributed by atoms with Gasteiger partial charge in [0.1, 0.15) is 0 Å². The van der Waals surface area contributed by atoms with Crippen LogP contribution in [-0.4, -0.2) is 6.08 Å². The number of aliphatic imine (C=N–C) groups is 1. The third-order valence-electron chi connectivity index (χ3n) is 0.728. The van der Waals surface area contributed by atoms with Crippen molar-refractivity contribution in [2.75, 3.05) is 0 Å². The van der Waals surface area contributed by atoms with Gasteiger partial charge in [-0.05, 0) is 6.07 Å². The van der Waals surface area contributed by atoms with Gasteiger partial charge in [-0.25, -0.2) is 4.79 Å². The van der Waals surface area contributed by atoms with Gasteiger partial charge in [0, 0.05) is 5.38 Å². The first-order valence-corrected chi connectivity index (χ1v) is 3.40. The fourth-order valence-electron chi connectivity index (χ4n) is 0.412. The van der Waals surface area contributed by atoms with Gasteiger partial charge in [-0.2, -0.15) is 4.99 Å². The molecule has 46 valence electrons. The van der Waals surface area contributed by atoms with Crippen LogP contribution in [0.25, 0.3) is 0 Å². The van der Waals surface area contributed by atoms with E-state index in [1.165, 1.54) is 17.4 Å². The average molecular weight is 160 g/mol. The summed E-state index contributed by atoms with van der Waals surface area (Å²) < 4.78 is 0.629. The van der Waals surface area contributed by atoms with Crippen molar-refractivity contribution in [3.8, 4) is 0 Å². The highest BCUT2D eigenvalue weighted by atomic mass is 35.5. The largest absolute Gasteiger partial charge is 0.240 e. The molecule has 9 heavy (non-hydrogen) atoms. The van der Waals surface area contributed by atoms with E-state index in [-0.39, 0.29) is 0 Å². The summed E-state index contributed by atoms with van der Waals surface area (Å²) in [6, 6.07) is 1.61. The zero-order valence-electron chi connectivity index (χ0n) is 4.30. The second-order valence-electron chi connectivity index (χ2n) is 1.31. The van der Waals surface area contributed by atoms with Crippen molar-refractivity contribution in [2.45, 2.75) is 0 Å². The predicted octanol–water partition coefficient (Wildman–Crippen LogP) is 2.37. The molecule has 0 unspecified atom stereocenters. The first-order chi connectivity index (χ1) is 4.33. The third kappa shape index (κ3) is 1.64. The minimum atomic E-state index is 0.569. The van der Waals surface area contributed by atoms with Crippen LogP contribution in [0.4, 0.5) is 5.69 Å². The van der Waals surface area contributed by atoms with E-state index in [9.17, 15) is 4.79 Å². The number of rotatable bonds is 1. The third-order valence-corrected chi connectivity index (χ3v) is 1.81. The molecule has 0 aromatic carbocycles. The maximum atomic E-state index is 9.65. The van der Waals surface area contributed by atoms with E-state index in [1.54, 1.807) is 11.4 Å². The molecule has 0 N–H and O–H groups in total. The first-order valence-electron chi connectivity index (χ1n) is 2.15. The normalized spacial score (nSPS) is 8.56. The maximum absolute atomic E-state index is 9.65. The first kappa shape index (κ1) is 6.49. The Balaban J connectivity index is 2.97. The molecule has 0 aliphatic heterocycles. The van der Waals surface area contributed by atoms with Crippen molar-refractivity contribution in [3.05, 3.63) is 15.8 Å². The molecule has 0 saturated heterocycles. The number of thiophene rings is 1. The minimum absolute atomic E-state index is 0.569. The lowest BCUT2D eigenvalue weighted by Gasteiger charge is -1.70. The molecule has 1 aromatic heterocycles. The van der Waals surface area contributed by atoms with E-state index in [2.05, 4.69) is 4.99 Å². The molecule has 0 radical (unpaired) electrons. The van der Waals surface area contributed by atoms with Gasteiger partial charge in [-0.15, -0.1) is 11.3 Å². The lowest BCUT2D eigenvalue weighted by molar-refractivity contribution is 0.565. The topological polar surface area (TPSA) is 29.4 Å². The predicted molar refractivity (Wildman–Crippen MR) is 37.1 cm³/mol. The van der Waals surface area contributed by atoms with E-state index in [0.29, 0.717) is 10.0 Å². The van der Waals surface area contributed by atoms with E-state index in [4.69, 9.17) is 11.6 Å². The highest BCUT2D eigenvalue weighted by molar-refractivity contribution is 7.14. The highest BCUT2D eigenvalue weighted by Crippen LogP contribution is 2.25. The summed E-state index contributed by atoms with van der Waals surface area (Å²) in [4.78, 5) is 13.0. The summed E-state index contributed by atoms with van der Waals surface area (Å²) in [5, 5.41) is 1.69. The Labute approximate surface area is 60.8 Å². The molecule has 0 fully saturated rings. The summed E-state index contributed by atoms with van der Waals surface area (Å²) >= 11 is 6.86. The fourth-order valence-corrected chi connectivity index (χ4v) is 1.20.